The smallest absolute Gasteiger partial charge is 0.267 e. The highest BCUT2D eigenvalue weighted by molar-refractivity contribution is 7.92. The van der Waals surface area contributed by atoms with Crippen molar-refractivity contribution in [3.8, 4) is 5.75 Å². The lowest BCUT2D eigenvalue weighted by molar-refractivity contribution is -0.122. The minimum Gasteiger partial charge on any atom is -0.476 e. The van der Waals surface area contributed by atoms with Gasteiger partial charge >= 0.3 is 0 Å². The molecule has 1 amide bonds. The van der Waals surface area contributed by atoms with Crippen molar-refractivity contribution < 1.29 is 26.4 Å². The average Bonchev–Trinajstić information content (AvgIpc) is 2.81. The van der Waals surface area contributed by atoms with E-state index in [0.29, 0.717) is 27.6 Å². The topological polar surface area (TPSA) is 122 Å². The number of hydrogen-bond donors (Lipinski definition) is 2. The number of carbonyl (C=O) groups is 1. The fourth-order valence-electron chi connectivity index (χ4n) is 3.51. The van der Waals surface area contributed by atoms with Crippen LogP contribution in [0.1, 0.15) is 5.56 Å². The van der Waals surface area contributed by atoms with E-state index in [4.69, 9.17) is 16.3 Å². The standard InChI is InChI=1S/C23H22ClN3O6S2/c1-15-18(24)6-5-7-19(15)26-35(31,32)17-12-10-16(11-13-17)25-23(28)22-14-27(34(2,29)30)20-8-3-4-9-21(20)33-22/h3-13,22,26H,14H2,1-2H3,(H,25,28)/t22-/m1/s1. The van der Waals surface area contributed by atoms with Gasteiger partial charge in [0.15, 0.2) is 6.10 Å². The van der Waals surface area contributed by atoms with Gasteiger partial charge in [0.1, 0.15) is 5.75 Å². The first kappa shape index (κ1) is 24.8. The molecule has 0 saturated carbocycles. The molecule has 0 bridgehead atoms. The molecular formula is C23H22ClN3O6S2. The van der Waals surface area contributed by atoms with Gasteiger partial charge in [0, 0.05) is 10.7 Å². The van der Waals surface area contributed by atoms with Gasteiger partial charge in [-0.3, -0.25) is 13.8 Å². The van der Waals surface area contributed by atoms with Crippen molar-refractivity contribution in [3.63, 3.8) is 0 Å². The Morgan fingerprint density at radius 2 is 1.69 bits per heavy atom. The fourth-order valence-corrected chi connectivity index (χ4v) is 5.73. The highest BCUT2D eigenvalue weighted by Gasteiger charge is 2.35. The maximum Gasteiger partial charge on any atom is 0.267 e. The van der Waals surface area contributed by atoms with E-state index >= 15 is 0 Å². The summed E-state index contributed by atoms with van der Waals surface area (Å²) in [5, 5.41) is 3.08. The molecule has 9 nitrogen and oxygen atoms in total. The second kappa shape index (κ2) is 9.40. The van der Waals surface area contributed by atoms with Gasteiger partial charge in [-0.05, 0) is 61.0 Å². The fraction of sp³-hybridized carbons (Fsp3) is 0.174. The van der Waals surface area contributed by atoms with Crippen molar-refractivity contribution in [1.29, 1.82) is 0 Å². The minimum atomic E-state index is -3.89. The molecule has 3 aromatic carbocycles. The number of benzene rings is 3. The molecule has 1 heterocycles. The van der Waals surface area contributed by atoms with Gasteiger partial charge in [-0.15, -0.1) is 0 Å². The molecule has 1 aliphatic heterocycles. The Morgan fingerprint density at radius 1 is 1.00 bits per heavy atom. The number of rotatable bonds is 6. The lowest BCUT2D eigenvalue weighted by Crippen LogP contribution is -2.48. The number of carbonyl (C=O) groups excluding carboxylic acids is 1. The number of para-hydroxylation sites is 2. The largest absolute Gasteiger partial charge is 0.476 e. The van der Waals surface area contributed by atoms with E-state index in [1.54, 1.807) is 49.4 Å². The molecule has 0 radical (unpaired) electrons. The van der Waals surface area contributed by atoms with Crippen molar-refractivity contribution in [2.75, 3.05) is 27.1 Å². The van der Waals surface area contributed by atoms with Crippen LogP contribution in [0.15, 0.2) is 71.6 Å². The molecular weight excluding hydrogens is 514 g/mol. The van der Waals surface area contributed by atoms with Crippen LogP contribution in [0.2, 0.25) is 5.02 Å². The number of anilines is 3. The van der Waals surface area contributed by atoms with Gasteiger partial charge in [0.05, 0.1) is 29.1 Å². The molecule has 35 heavy (non-hydrogen) atoms. The van der Waals surface area contributed by atoms with Crippen LogP contribution in [-0.2, 0) is 24.8 Å². The monoisotopic (exact) mass is 535 g/mol. The van der Waals surface area contributed by atoms with Crippen LogP contribution in [0.4, 0.5) is 17.1 Å². The Kier molecular flexibility index (Phi) is 6.67. The second-order valence-corrected chi connectivity index (χ2v) is 11.9. The molecule has 3 aromatic rings. The van der Waals surface area contributed by atoms with Crippen LogP contribution in [0, 0.1) is 6.92 Å². The summed E-state index contributed by atoms with van der Waals surface area (Å²) in [5.41, 5.74) is 1.64. The van der Waals surface area contributed by atoms with Crippen LogP contribution < -0.4 is 19.1 Å². The first-order valence-electron chi connectivity index (χ1n) is 10.4. The molecule has 12 heteroatoms. The maximum absolute atomic E-state index is 12.8. The molecule has 184 valence electrons. The number of amides is 1. The van der Waals surface area contributed by atoms with Crippen molar-refractivity contribution in [3.05, 3.63) is 77.3 Å². The zero-order valence-corrected chi connectivity index (χ0v) is 21.1. The van der Waals surface area contributed by atoms with E-state index in [0.717, 1.165) is 10.6 Å². The van der Waals surface area contributed by atoms with E-state index in [1.165, 1.54) is 24.3 Å². The summed E-state index contributed by atoms with van der Waals surface area (Å²) in [6.07, 6.45) is -0.0437. The van der Waals surface area contributed by atoms with Crippen LogP contribution in [0.3, 0.4) is 0 Å². The molecule has 4 rings (SSSR count). The van der Waals surface area contributed by atoms with Crippen LogP contribution >= 0.6 is 11.6 Å². The number of fused-ring (bicyclic) bond motifs is 1. The maximum atomic E-state index is 12.8. The van der Waals surface area contributed by atoms with Gasteiger partial charge in [0.25, 0.3) is 15.9 Å². The molecule has 0 aliphatic carbocycles. The van der Waals surface area contributed by atoms with Gasteiger partial charge in [-0.25, -0.2) is 16.8 Å². The van der Waals surface area contributed by atoms with Gasteiger partial charge in [-0.1, -0.05) is 29.8 Å². The number of sulfonamides is 2. The minimum absolute atomic E-state index is 0.0130. The van der Waals surface area contributed by atoms with Crippen molar-refractivity contribution >= 4 is 54.6 Å². The third-order valence-corrected chi connectivity index (χ3v) is 8.31. The first-order chi connectivity index (χ1) is 16.5. The Hall–Kier alpha value is -3.28. The summed E-state index contributed by atoms with van der Waals surface area (Å²) in [4.78, 5) is 12.8. The lowest BCUT2D eigenvalue weighted by atomic mass is 10.2. The summed E-state index contributed by atoms with van der Waals surface area (Å²) >= 11 is 6.06. The molecule has 0 spiro atoms. The first-order valence-corrected chi connectivity index (χ1v) is 14.1. The van der Waals surface area contributed by atoms with E-state index in [-0.39, 0.29) is 17.2 Å². The molecule has 1 atom stereocenters. The summed E-state index contributed by atoms with van der Waals surface area (Å²) in [6, 6.07) is 17.0. The average molecular weight is 536 g/mol. The number of ether oxygens (including phenoxy) is 1. The summed E-state index contributed by atoms with van der Waals surface area (Å²) in [6.45, 7) is 1.51. The van der Waals surface area contributed by atoms with E-state index in [1.807, 2.05) is 0 Å². The molecule has 2 N–H and O–H groups in total. The Bertz CT molecular complexity index is 1490. The predicted molar refractivity (Wildman–Crippen MR) is 135 cm³/mol. The molecule has 0 aromatic heterocycles. The Labute approximate surface area is 208 Å². The second-order valence-electron chi connectivity index (χ2n) is 7.90. The predicted octanol–water partition coefficient (Wildman–Crippen LogP) is 3.61. The number of nitrogens with one attached hydrogen (secondary N) is 2. The van der Waals surface area contributed by atoms with Crippen molar-refractivity contribution in [2.24, 2.45) is 0 Å². The summed E-state index contributed by atoms with van der Waals surface area (Å²) < 4.78 is 59.4. The molecule has 0 fully saturated rings. The van der Waals surface area contributed by atoms with Crippen LogP contribution in [0.25, 0.3) is 0 Å². The lowest BCUT2D eigenvalue weighted by Gasteiger charge is -2.33. The van der Waals surface area contributed by atoms with E-state index in [9.17, 15) is 21.6 Å². The summed E-state index contributed by atoms with van der Waals surface area (Å²) in [5.74, 6) is -0.301. The number of nitrogens with zero attached hydrogens (tertiary/aromatic N) is 1. The SMILES string of the molecule is Cc1c(Cl)cccc1NS(=O)(=O)c1ccc(NC(=O)[C@H]2CN(S(C)(=O)=O)c3ccccc3O2)cc1. The van der Waals surface area contributed by atoms with Crippen LogP contribution in [-0.4, -0.2) is 41.6 Å². The highest BCUT2D eigenvalue weighted by atomic mass is 35.5. The summed E-state index contributed by atoms with van der Waals surface area (Å²) in [7, 11) is -7.54. The number of halogens is 1. The Morgan fingerprint density at radius 3 is 2.37 bits per heavy atom. The zero-order valence-electron chi connectivity index (χ0n) is 18.7. The van der Waals surface area contributed by atoms with E-state index in [2.05, 4.69) is 10.0 Å². The molecule has 0 unspecified atom stereocenters. The third-order valence-electron chi connectivity index (χ3n) is 5.37. The van der Waals surface area contributed by atoms with E-state index < -0.39 is 32.1 Å². The van der Waals surface area contributed by atoms with Gasteiger partial charge in [-0.2, -0.15) is 0 Å². The number of hydrogen-bond acceptors (Lipinski definition) is 6. The Balaban J connectivity index is 1.49. The van der Waals surface area contributed by atoms with Gasteiger partial charge in [0.2, 0.25) is 10.0 Å². The normalized spacial score (nSPS) is 15.6. The van der Waals surface area contributed by atoms with Crippen LogP contribution in [0.5, 0.6) is 5.75 Å². The highest BCUT2D eigenvalue weighted by Crippen LogP contribution is 2.35. The molecule has 0 saturated heterocycles. The quantitative estimate of drug-likeness (QED) is 0.497. The third kappa shape index (κ3) is 5.37. The van der Waals surface area contributed by atoms with Crippen molar-refractivity contribution in [1.82, 2.24) is 0 Å². The zero-order chi connectivity index (χ0) is 25.4. The van der Waals surface area contributed by atoms with Crippen molar-refractivity contribution in [2.45, 2.75) is 17.9 Å². The van der Waals surface area contributed by atoms with Gasteiger partial charge < -0.3 is 10.1 Å². The molecule has 1 aliphatic rings.